The van der Waals surface area contributed by atoms with Crippen molar-refractivity contribution in [2.45, 2.75) is 103 Å². The molecule has 0 bridgehead atoms. The van der Waals surface area contributed by atoms with Crippen LogP contribution in [0.3, 0.4) is 0 Å². The summed E-state index contributed by atoms with van der Waals surface area (Å²) in [6, 6.07) is 0. The molecular weight excluding hydrogens is 358 g/mol. The lowest BCUT2D eigenvalue weighted by Crippen LogP contribution is -2.56. The number of nitrogens with one attached hydrogen (secondary N) is 1. The molecule has 1 aliphatic rings. The van der Waals surface area contributed by atoms with Crippen LogP contribution in [0.5, 0.6) is 0 Å². The first-order valence-electron chi connectivity index (χ1n) is 9.88. The number of allylic oxidation sites excluding steroid dienone is 1. The summed E-state index contributed by atoms with van der Waals surface area (Å²) in [5, 5.41) is 3.18. The summed E-state index contributed by atoms with van der Waals surface area (Å²) in [7, 11) is -4.15. The molecule has 152 valence electrons. The maximum atomic E-state index is 13.0. The Morgan fingerprint density at radius 3 is 1.96 bits per heavy atom. The van der Waals surface area contributed by atoms with E-state index >= 15 is 0 Å². The average Bonchev–Trinajstić information content (AvgIpc) is 2.50. The van der Waals surface area contributed by atoms with Gasteiger partial charge in [0.05, 0.1) is 6.10 Å². The van der Waals surface area contributed by atoms with Crippen LogP contribution >= 0.6 is 0 Å². The lowest BCUT2D eigenvalue weighted by atomic mass is 10.2. The zero-order valence-corrected chi connectivity index (χ0v) is 20.7. The number of hydrogen-bond donors (Lipinski definition) is 1. The van der Waals surface area contributed by atoms with Gasteiger partial charge in [0.2, 0.25) is 0 Å². The van der Waals surface area contributed by atoms with Crippen molar-refractivity contribution in [1.82, 2.24) is 5.32 Å². The van der Waals surface area contributed by atoms with E-state index in [4.69, 9.17) is 8.85 Å². The number of rotatable bonds is 4. The molecule has 6 heteroatoms. The molecule has 1 rings (SSSR count). The second kappa shape index (κ2) is 8.29. The summed E-state index contributed by atoms with van der Waals surface area (Å²) < 4.78 is 13.3. The predicted octanol–water partition coefficient (Wildman–Crippen LogP) is 5.23. The number of amides is 1. The maximum absolute atomic E-state index is 13.0. The van der Waals surface area contributed by atoms with E-state index in [-0.39, 0.29) is 22.1 Å². The van der Waals surface area contributed by atoms with Gasteiger partial charge in [0.25, 0.3) is 5.91 Å². The molecule has 0 saturated heterocycles. The van der Waals surface area contributed by atoms with Crippen molar-refractivity contribution in [3.05, 3.63) is 12.2 Å². The topological polar surface area (TPSA) is 47.6 Å². The van der Waals surface area contributed by atoms with E-state index in [1.54, 1.807) is 0 Å². The Kier molecular flexibility index (Phi) is 7.52. The third kappa shape index (κ3) is 6.04. The van der Waals surface area contributed by atoms with Gasteiger partial charge in [-0.15, -0.1) is 0 Å². The molecule has 0 spiro atoms. The van der Waals surface area contributed by atoms with Crippen molar-refractivity contribution in [1.29, 1.82) is 0 Å². The van der Waals surface area contributed by atoms with E-state index in [9.17, 15) is 4.79 Å². The second-order valence-corrected chi connectivity index (χ2v) is 20.0. The van der Waals surface area contributed by atoms with Crippen LogP contribution in [0.2, 0.25) is 36.3 Å². The third-order valence-corrected chi connectivity index (χ3v) is 15.1. The van der Waals surface area contributed by atoms with Crippen LogP contribution in [0.25, 0.3) is 0 Å². The highest BCUT2D eigenvalue weighted by Gasteiger charge is 2.46. The molecule has 0 unspecified atom stereocenters. The van der Waals surface area contributed by atoms with Crippen molar-refractivity contribution in [3.8, 4) is 0 Å². The minimum Gasteiger partial charge on any atom is -0.407 e. The quantitative estimate of drug-likeness (QED) is 0.520. The van der Waals surface area contributed by atoms with Crippen LogP contribution in [0, 0.1) is 0 Å². The molecule has 0 radical (unpaired) electrons. The minimum atomic E-state index is -2.11. The van der Waals surface area contributed by atoms with Crippen molar-refractivity contribution in [3.63, 3.8) is 0 Å². The second-order valence-electron chi connectivity index (χ2n) is 10.5. The highest BCUT2D eigenvalue weighted by Crippen LogP contribution is 2.40. The molecule has 0 aliphatic carbocycles. The van der Waals surface area contributed by atoms with Crippen molar-refractivity contribution in [2.24, 2.45) is 0 Å². The monoisotopic (exact) mass is 399 g/mol. The van der Waals surface area contributed by atoms with Gasteiger partial charge in [-0.05, 0) is 49.1 Å². The molecule has 0 aromatic carbocycles. The first-order valence-corrected chi connectivity index (χ1v) is 15.7. The lowest BCUT2D eigenvalue weighted by molar-refractivity contribution is -0.131. The summed E-state index contributed by atoms with van der Waals surface area (Å²) >= 11 is 0. The zero-order chi connectivity index (χ0) is 20.4. The Hall–Kier alpha value is -0.436. The Morgan fingerprint density at radius 1 is 0.962 bits per heavy atom. The van der Waals surface area contributed by atoms with E-state index in [0.29, 0.717) is 6.54 Å². The van der Waals surface area contributed by atoms with Gasteiger partial charge >= 0.3 is 0 Å². The molecule has 0 saturated carbocycles. The molecule has 1 aliphatic heterocycles. The summed E-state index contributed by atoms with van der Waals surface area (Å²) in [5.74, 6) is -0.0370. The molecule has 0 fully saturated rings. The van der Waals surface area contributed by atoms with Gasteiger partial charge in [0.15, 0.2) is 22.7 Å². The Balaban J connectivity index is 3.23. The third-order valence-electron chi connectivity index (χ3n) is 6.19. The SMILES string of the molecule is CC(C)(C)[Si](C)(C)O[C@H]1/C=C\CCCNC(=O)[C@H]1O[Si](C)(C)C(C)(C)C. The zero-order valence-electron chi connectivity index (χ0n) is 18.7. The number of carbonyl (C=O) groups excluding carboxylic acids is 1. The van der Waals surface area contributed by atoms with E-state index in [2.05, 4.69) is 85.2 Å². The predicted molar refractivity (Wildman–Crippen MR) is 116 cm³/mol. The lowest BCUT2D eigenvalue weighted by Gasteiger charge is -2.43. The van der Waals surface area contributed by atoms with Gasteiger partial charge in [0, 0.05) is 6.54 Å². The van der Waals surface area contributed by atoms with Crippen LogP contribution in [-0.2, 0) is 13.6 Å². The Morgan fingerprint density at radius 2 is 1.46 bits per heavy atom. The normalized spacial score (nSPS) is 25.1. The van der Waals surface area contributed by atoms with Crippen LogP contribution < -0.4 is 5.32 Å². The largest absolute Gasteiger partial charge is 0.407 e. The van der Waals surface area contributed by atoms with E-state index in [0.717, 1.165) is 12.8 Å². The minimum absolute atomic E-state index is 0.0370. The molecule has 26 heavy (non-hydrogen) atoms. The summed E-state index contributed by atoms with van der Waals surface area (Å²) in [5.41, 5.74) is 0. The van der Waals surface area contributed by atoms with Crippen LogP contribution in [0.1, 0.15) is 54.4 Å². The smallest absolute Gasteiger partial charge is 0.250 e. The molecule has 1 heterocycles. The molecule has 4 nitrogen and oxygen atoms in total. The summed E-state index contributed by atoms with van der Waals surface area (Å²) in [6.45, 7) is 22.8. The van der Waals surface area contributed by atoms with Gasteiger partial charge in [-0.1, -0.05) is 53.7 Å². The van der Waals surface area contributed by atoms with Crippen LogP contribution in [0.15, 0.2) is 12.2 Å². The van der Waals surface area contributed by atoms with Crippen LogP contribution in [0.4, 0.5) is 0 Å². The fourth-order valence-electron chi connectivity index (χ4n) is 2.25. The van der Waals surface area contributed by atoms with Crippen molar-refractivity contribution < 1.29 is 13.6 Å². The van der Waals surface area contributed by atoms with Gasteiger partial charge in [0.1, 0.15) is 0 Å². The molecular formula is C20H41NO3Si2. The first kappa shape index (κ1) is 23.6. The maximum Gasteiger partial charge on any atom is 0.250 e. The molecule has 0 aromatic rings. The molecule has 1 amide bonds. The number of hydrogen-bond acceptors (Lipinski definition) is 3. The Bertz CT molecular complexity index is 516. The highest BCUT2D eigenvalue weighted by atomic mass is 28.4. The average molecular weight is 400 g/mol. The van der Waals surface area contributed by atoms with Gasteiger partial charge in [-0.2, -0.15) is 0 Å². The molecule has 1 N–H and O–H groups in total. The highest BCUT2D eigenvalue weighted by molar-refractivity contribution is 6.74. The molecule has 2 atom stereocenters. The first-order chi connectivity index (χ1) is 11.6. The van der Waals surface area contributed by atoms with E-state index < -0.39 is 22.7 Å². The summed E-state index contributed by atoms with van der Waals surface area (Å²) in [6.07, 6.45) is 5.21. The van der Waals surface area contributed by atoms with Crippen LogP contribution in [-0.4, -0.2) is 41.3 Å². The van der Waals surface area contributed by atoms with Crippen molar-refractivity contribution >= 4 is 22.5 Å². The molecule has 0 aromatic heterocycles. The van der Waals surface area contributed by atoms with Gasteiger partial charge in [-0.25, -0.2) is 0 Å². The Labute approximate surface area is 163 Å². The van der Waals surface area contributed by atoms with E-state index in [1.165, 1.54) is 0 Å². The fourth-order valence-corrected chi connectivity index (χ4v) is 4.71. The van der Waals surface area contributed by atoms with E-state index in [1.807, 2.05) is 0 Å². The van der Waals surface area contributed by atoms with Crippen molar-refractivity contribution in [2.75, 3.05) is 6.54 Å². The van der Waals surface area contributed by atoms with Gasteiger partial charge in [-0.3, -0.25) is 4.79 Å². The van der Waals surface area contributed by atoms with Gasteiger partial charge < -0.3 is 14.2 Å². The standard InChI is InChI=1S/C20H41NO3Si2/c1-19(2,3)25(7,8)23-16-14-12-11-13-15-21-18(22)17(16)24-26(9,10)20(4,5)6/h12,14,16-17H,11,13,15H2,1-10H3,(H,21,22)/b14-12-/t16-,17-/m0/s1. The number of carbonyl (C=O) groups is 1. The fraction of sp³-hybridized carbons (Fsp3) is 0.850. The summed E-state index contributed by atoms with van der Waals surface area (Å²) in [4.78, 5) is 13.0.